The average Bonchev–Trinajstić information content (AvgIpc) is 2.38. The third-order valence-corrected chi connectivity index (χ3v) is 2.43. The number of nitrogens with zero attached hydrogens (tertiary/aromatic N) is 1. The molecule has 0 fully saturated rings. The van der Waals surface area contributed by atoms with Gasteiger partial charge in [-0.1, -0.05) is 18.2 Å². The van der Waals surface area contributed by atoms with Crippen LogP contribution in [0, 0.1) is 5.53 Å². The van der Waals surface area contributed by atoms with Crippen LogP contribution in [0.1, 0.15) is 0 Å². The van der Waals surface area contributed by atoms with E-state index in [0.717, 1.165) is 11.4 Å². The first-order valence-electron chi connectivity index (χ1n) is 5.87. The lowest BCUT2D eigenvalue weighted by atomic mass is 10.2. The normalized spacial score (nSPS) is 10.9. The number of nitrogens with one attached hydrogen (secondary N) is 2. The van der Waals surface area contributed by atoms with E-state index in [2.05, 4.69) is 10.4 Å². The van der Waals surface area contributed by atoms with Crippen molar-refractivity contribution in [2.45, 2.75) is 5.97 Å². The van der Waals surface area contributed by atoms with Crippen LogP contribution in [0.3, 0.4) is 0 Å². The van der Waals surface area contributed by atoms with Crippen molar-refractivity contribution in [1.29, 1.82) is 5.53 Å². The molecule has 0 aliphatic heterocycles. The molecule has 0 radical (unpaired) electrons. The van der Waals surface area contributed by atoms with Gasteiger partial charge in [0, 0.05) is 17.4 Å². The Hall–Kier alpha value is -2.48. The van der Waals surface area contributed by atoms with Gasteiger partial charge in [0.15, 0.2) is 5.75 Å². The summed E-state index contributed by atoms with van der Waals surface area (Å²) >= 11 is 0. The fourth-order valence-electron chi connectivity index (χ4n) is 1.64. The molecule has 0 spiro atoms. The summed E-state index contributed by atoms with van der Waals surface area (Å²) in [5, 5.41) is 6.51. The van der Waals surface area contributed by atoms with Crippen LogP contribution in [-0.2, 0) is 0 Å². The molecule has 0 aromatic heterocycles. The zero-order valence-electron chi connectivity index (χ0n) is 10.7. The molecule has 0 unspecified atom stereocenters. The summed E-state index contributed by atoms with van der Waals surface area (Å²) in [6.45, 7) is 0. The zero-order valence-corrected chi connectivity index (χ0v) is 10.7. The Balaban J connectivity index is 2.27. The highest BCUT2D eigenvalue weighted by Gasteiger charge is 2.16. The average molecular weight is 272 g/mol. The van der Waals surface area contributed by atoms with Crippen molar-refractivity contribution in [3.05, 3.63) is 48.5 Å². The second-order valence-electron chi connectivity index (χ2n) is 4.24. The van der Waals surface area contributed by atoms with E-state index in [1.807, 2.05) is 30.3 Å². The third kappa shape index (κ3) is 3.75. The largest absolute Gasteiger partial charge is 0.444 e. The van der Waals surface area contributed by atoms with Gasteiger partial charge in [-0.25, -0.2) is 5.53 Å². The maximum absolute atomic E-state index is 7.09. The fourth-order valence-corrected chi connectivity index (χ4v) is 1.64. The molecule has 7 nitrogen and oxygen atoms in total. The highest BCUT2D eigenvalue weighted by Crippen LogP contribution is 2.32. The summed E-state index contributed by atoms with van der Waals surface area (Å²) in [7, 11) is 0. The molecule has 7 heteroatoms. The topological polar surface area (TPSA) is 136 Å². The molecule has 0 saturated heterocycles. The molecular formula is C13H16N6O. The smallest absolute Gasteiger partial charge is 0.271 e. The molecule has 0 aliphatic carbocycles. The van der Waals surface area contributed by atoms with E-state index >= 15 is 0 Å². The lowest BCUT2D eigenvalue weighted by molar-refractivity contribution is 0.0909. The fraction of sp³-hybridized carbons (Fsp3) is 0.0769. The predicted molar refractivity (Wildman–Crippen MR) is 76.9 cm³/mol. The molecule has 0 bridgehead atoms. The Morgan fingerprint density at radius 1 is 1.00 bits per heavy atom. The molecule has 0 amide bonds. The first kappa shape index (κ1) is 13.9. The standard InChI is InChI=1S/C13H16N6O/c14-13(15,16)20-12-8-10(6-7-11(12)19-17)18-9-4-2-1-3-5-9/h1-8,17-18H,14-16H2. The van der Waals surface area contributed by atoms with E-state index in [1.54, 1.807) is 18.2 Å². The van der Waals surface area contributed by atoms with Crippen LogP contribution in [0.25, 0.3) is 0 Å². The van der Waals surface area contributed by atoms with Crippen molar-refractivity contribution in [3.63, 3.8) is 0 Å². The summed E-state index contributed by atoms with van der Waals surface area (Å²) in [6.07, 6.45) is 0. The zero-order chi connectivity index (χ0) is 14.6. The maximum Gasteiger partial charge on any atom is 0.271 e. The summed E-state index contributed by atoms with van der Waals surface area (Å²) in [5.41, 5.74) is 25.2. The summed E-state index contributed by atoms with van der Waals surface area (Å²) in [6, 6.07) is 14.6. The molecular weight excluding hydrogens is 256 g/mol. The minimum atomic E-state index is -1.83. The van der Waals surface area contributed by atoms with Gasteiger partial charge in [-0.05, 0) is 24.3 Å². The van der Waals surface area contributed by atoms with E-state index < -0.39 is 5.97 Å². The van der Waals surface area contributed by atoms with Gasteiger partial charge < -0.3 is 10.1 Å². The maximum atomic E-state index is 7.09. The molecule has 2 rings (SSSR count). The van der Waals surface area contributed by atoms with Crippen molar-refractivity contribution in [1.82, 2.24) is 0 Å². The minimum absolute atomic E-state index is 0.230. The van der Waals surface area contributed by atoms with Crippen LogP contribution in [0.2, 0.25) is 0 Å². The molecule has 0 heterocycles. The molecule has 20 heavy (non-hydrogen) atoms. The Bertz CT molecular complexity index is 594. The van der Waals surface area contributed by atoms with Gasteiger partial charge in [0.05, 0.1) is 0 Å². The van der Waals surface area contributed by atoms with Crippen LogP contribution in [0.4, 0.5) is 17.1 Å². The van der Waals surface area contributed by atoms with E-state index in [4.69, 9.17) is 27.5 Å². The molecule has 104 valence electrons. The van der Waals surface area contributed by atoms with Crippen LogP contribution in [0.5, 0.6) is 5.75 Å². The van der Waals surface area contributed by atoms with E-state index in [0.29, 0.717) is 0 Å². The second-order valence-corrected chi connectivity index (χ2v) is 4.24. The van der Waals surface area contributed by atoms with Crippen LogP contribution < -0.4 is 27.3 Å². The van der Waals surface area contributed by atoms with Crippen LogP contribution in [0.15, 0.2) is 53.6 Å². The van der Waals surface area contributed by atoms with Crippen molar-refractivity contribution in [3.8, 4) is 5.75 Å². The Morgan fingerprint density at radius 2 is 1.70 bits per heavy atom. The number of nitrogens with two attached hydrogens (primary N) is 3. The number of ether oxygens (including phenoxy) is 1. The summed E-state index contributed by atoms with van der Waals surface area (Å²) in [5.74, 6) is -1.60. The molecule has 2 aromatic rings. The van der Waals surface area contributed by atoms with Crippen molar-refractivity contribution < 1.29 is 4.74 Å². The first-order valence-corrected chi connectivity index (χ1v) is 5.87. The van der Waals surface area contributed by atoms with Gasteiger partial charge in [0.25, 0.3) is 5.97 Å². The number of para-hydroxylation sites is 1. The van der Waals surface area contributed by atoms with Crippen LogP contribution >= 0.6 is 0 Å². The monoisotopic (exact) mass is 272 g/mol. The number of benzene rings is 2. The lowest BCUT2D eigenvalue weighted by Gasteiger charge is -2.21. The Labute approximate surface area is 116 Å². The number of anilines is 2. The van der Waals surface area contributed by atoms with E-state index in [1.165, 1.54) is 0 Å². The predicted octanol–water partition coefficient (Wildman–Crippen LogP) is 1.96. The Morgan fingerprint density at radius 3 is 2.30 bits per heavy atom. The highest BCUT2D eigenvalue weighted by molar-refractivity contribution is 5.66. The van der Waals surface area contributed by atoms with Crippen molar-refractivity contribution in [2.24, 2.45) is 22.3 Å². The lowest BCUT2D eigenvalue weighted by Crippen LogP contribution is -2.62. The first-order chi connectivity index (χ1) is 9.48. The molecule has 8 N–H and O–H groups in total. The Kier molecular flexibility index (Phi) is 3.94. The highest BCUT2D eigenvalue weighted by atomic mass is 16.5. The number of rotatable bonds is 5. The van der Waals surface area contributed by atoms with E-state index in [-0.39, 0.29) is 11.4 Å². The molecule has 0 atom stereocenters. The SMILES string of the molecule is N=Nc1ccc(Nc2ccccc2)cc1OC(N)(N)N. The van der Waals surface area contributed by atoms with Gasteiger partial charge in [-0.2, -0.15) is 5.11 Å². The summed E-state index contributed by atoms with van der Waals surface area (Å²) < 4.78 is 5.18. The quantitative estimate of drug-likeness (QED) is 0.418. The van der Waals surface area contributed by atoms with Gasteiger partial charge >= 0.3 is 0 Å². The van der Waals surface area contributed by atoms with Gasteiger partial charge in [-0.3, -0.25) is 17.2 Å². The minimum Gasteiger partial charge on any atom is -0.444 e. The molecule has 0 aliphatic rings. The second kappa shape index (κ2) is 5.66. The van der Waals surface area contributed by atoms with E-state index in [9.17, 15) is 0 Å². The molecule has 0 saturated carbocycles. The van der Waals surface area contributed by atoms with Gasteiger partial charge in [-0.15, -0.1) is 0 Å². The van der Waals surface area contributed by atoms with Crippen molar-refractivity contribution in [2.75, 3.05) is 5.32 Å². The number of hydrogen-bond donors (Lipinski definition) is 5. The van der Waals surface area contributed by atoms with Gasteiger partial charge in [0.2, 0.25) is 0 Å². The number of hydrogen-bond acceptors (Lipinski definition) is 7. The van der Waals surface area contributed by atoms with Crippen molar-refractivity contribution >= 4 is 17.1 Å². The van der Waals surface area contributed by atoms with Crippen LogP contribution in [-0.4, -0.2) is 5.97 Å². The summed E-state index contributed by atoms with van der Waals surface area (Å²) in [4.78, 5) is 0. The van der Waals surface area contributed by atoms with Gasteiger partial charge in [0.1, 0.15) is 5.69 Å². The third-order valence-electron chi connectivity index (χ3n) is 2.43. The molecule has 2 aromatic carbocycles.